The van der Waals surface area contributed by atoms with E-state index in [1.54, 1.807) is 0 Å². The quantitative estimate of drug-likeness (QED) is 0.843. The highest BCUT2D eigenvalue weighted by Gasteiger charge is 2.09. The minimum Gasteiger partial charge on any atom is -0.494 e. The molecule has 1 aromatic heterocycles. The van der Waals surface area contributed by atoms with Crippen LogP contribution in [0.4, 0.5) is 4.39 Å². The molecule has 5 heteroatoms. The van der Waals surface area contributed by atoms with Crippen LogP contribution in [0.1, 0.15) is 10.4 Å². The predicted molar refractivity (Wildman–Crippen MR) is 55.2 cm³/mol. The molecule has 0 aliphatic carbocycles. The Morgan fingerprint density at radius 3 is 2.81 bits per heavy atom. The smallest absolute Gasteiger partial charge is 0.337 e. The number of ether oxygens (including phenoxy) is 1. The average molecular weight is 221 g/mol. The van der Waals surface area contributed by atoms with Gasteiger partial charge in [0.15, 0.2) is 11.6 Å². The summed E-state index contributed by atoms with van der Waals surface area (Å²) >= 11 is 0. The van der Waals surface area contributed by atoms with E-state index in [1.807, 2.05) is 0 Å². The highest BCUT2D eigenvalue weighted by molar-refractivity contribution is 5.92. The molecule has 1 N–H and O–H groups in total. The molecule has 0 radical (unpaired) electrons. The van der Waals surface area contributed by atoms with Gasteiger partial charge in [-0.05, 0) is 12.1 Å². The van der Waals surface area contributed by atoms with Crippen molar-refractivity contribution < 1.29 is 19.0 Å². The van der Waals surface area contributed by atoms with Crippen LogP contribution < -0.4 is 4.74 Å². The van der Waals surface area contributed by atoms with Crippen LogP contribution in [0.15, 0.2) is 24.4 Å². The Bertz CT molecular complexity index is 568. The third-order valence-corrected chi connectivity index (χ3v) is 2.20. The topological polar surface area (TPSA) is 59.4 Å². The lowest BCUT2D eigenvalue weighted by molar-refractivity contribution is 0.0696. The number of aromatic nitrogens is 1. The Hall–Kier alpha value is -2.17. The molecule has 0 bridgehead atoms. The zero-order chi connectivity index (χ0) is 11.7. The van der Waals surface area contributed by atoms with Gasteiger partial charge in [0.2, 0.25) is 0 Å². The number of methoxy groups -OCH3 is 1. The van der Waals surface area contributed by atoms with Crippen molar-refractivity contribution in [1.29, 1.82) is 0 Å². The van der Waals surface area contributed by atoms with Crippen molar-refractivity contribution in [3.63, 3.8) is 0 Å². The van der Waals surface area contributed by atoms with Gasteiger partial charge in [0.25, 0.3) is 0 Å². The van der Waals surface area contributed by atoms with E-state index in [9.17, 15) is 9.18 Å². The normalized spacial score (nSPS) is 10.4. The number of nitrogens with zero attached hydrogens (tertiary/aromatic N) is 1. The Kier molecular flexibility index (Phi) is 2.44. The number of rotatable bonds is 2. The third-order valence-electron chi connectivity index (χ3n) is 2.20. The number of pyridine rings is 1. The van der Waals surface area contributed by atoms with Gasteiger partial charge in [-0.3, -0.25) is 4.98 Å². The SMILES string of the molecule is COc1cc2ncc(C(=O)O)cc2cc1F. The van der Waals surface area contributed by atoms with E-state index < -0.39 is 11.8 Å². The zero-order valence-corrected chi connectivity index (χ0v) is 8.40. The van der Waals surface area contributed by atoms with E-state index in [2.05, 4.69) is 4.98 Å². The third kappa shape index (κ3) is 1.67. The van der Waals surface area contributed by atoms with Crippen molar-refractivity contribution in [3.8, 4) is 5.75 Å². The fourth-order valence-electron chi connectivity index (χ4n) is 1.40. The lowest BCUT2D eigenvalue weighted by Gasteiger charge is -2.04. The summed E-state index contributed by atoms with van der Waals surface area (Å²) in [7, 11) is 1.36. The molecule has 0 amide bonds. The van der Waals surface area contributed by atoms with E-state index in [0.717, 1.165) is 0 Å². The number of hydrogen-bond donors (Lipinski definition) is 1. The van der Waals surface area contributed by atoms with Crippen molar-refractivity contribution >= 4 is 16.9 Å². The standard InChI is InChI=1S/C11H8FNO3/c1-16-10-4-9-6(3-8(10)12)2-7(5-13-9)11(14)15/h2-5H,1H3,(H,14,15). The molecule has 0 fully saturated rings. The fraction of sp³-hybridized carbons (Fsp3) is 0.0909. The minimum atomic E-state index is -1.09. The first-order valence-electron chi connectivity index (χ1n) is 4.48. The molecule has 0 atom stereocenters. The molecule has 16 heavy (non-hydrogen) atoms. The molecule has 0 unspecified atom stereocenters. The van der Waals surface area contributed by atoms with Gasteiger partial charge in [-0.15, -0.1) is 0 Å². The molecule has 0 saturated heterocycles. The first-order valence-corrected chi connectivity index (χ1v) is 4.48. The van der Waals surface area contributed by atoms with Gasteiger partial charge >= 0.3 is 5.97 Å². The molecule has 2 rings (SSSR count). The van der Waals surface area contributed by atoms with Crippen LogP contribution in [0, 0.1) is 5.82 Å². The Morgan fingerprint density at radius 1 is 1.44 bits per heavy atom. The van der Waals surface area contributed by atoms with Crippen molar-refractivity contribution in [1.82, 2.24) is 4.98 Å². The lowest BCUT2D eigenvalue weighted by Crippen LogP contribution is -1.97. The van der Waals surface area contributed by atoms with Crippen molar-refractivity contribution in [2.75, 3.05) is 7.11 Å². The van der Waals surface area contributed by atoms with Crippen LogP contribution in [-0.2, 0) is 0 Å². The number of carboxylic acids is 1. The summed E-state index contributed by atoms with van der Waals surface area (Å²) in [6.45, 7) is 0. The van der Waals surface area contributed by atoms with Gasteiger partial charge in [0.1, 0.15) is 0 Å². The molecule has 0 aliphatic rings. The van der Waals surface area contributed by atoms with Crippen LogP contribution in [0.25, 0.3) is 10.9 Å². The molecule has 1 aromatic carbocycles. The van der Waals surface area contributed by atoms with Crippen LogP contribution in [0.3, 0.4) is 0 Å². The molecule has 0 spiro atoms. The molecule has 1 heterocycles. The molecule has 82 valence electrons. The second-order valence-corrected chi connectivity index (χ2v) is 3.21. The molecule has 4 nitrogen and oxygen atoms in total. The Morgan fingerprint density at radius 2 is 2.19 bits per heavy atom. The number of fused-ring (bicyclic) bond motifs is 1. The monoisotopic (exact) mass is 221 g/mol. The second-order valence-electron chi connectivity index (χ2n) is 3.21. The summed E-state index contributed by atoms with van der Waals surface area (Å²) in [5.41, 5.74) is 0.514. The van der Waals surface area contributed by atoms with E-state index in [-0.39, 0.29) is 11.3 Å². The number of aromatic carboxylic acids is 1. The first kappa shape index (κ1) is 10.4. The fourth-order valence-corrected chi connectivity index (χ4v) is 1.40. The number of carbonyl (C=O) groups is 1. The molecular formula is C11H8FNO3. The lowest BCUT2D eigenvalue weighted by atomic mass is 10.1. The number of halogens is 1. The largest absolute Gasteiger partial charge is 0.494 e. The van der Waals surface area contributed by atoms with E-state index >= 15 is 0 Å². The highest BCUT2D eigenvalue weighted by Crippen LogP contribution is 2.23. The number of benzene rings is 1. The molecule has 2 aromatic rings. The van der Waals surface area contributed by atoms with Gasteiger partial charge in [0.05, 0.1) is 18.2 Å². The highest BCUT2D eigenvalue weighted by atomic mass is 19.1. The van der Waals surface area contributed by atoms with E-state index in [4.69, 9.17) is 9.84 Å². The van der Waals surface area contributed by atoms with Crippen LogP contribution >= 0.6 is 0 Å². The summed E-state index contributed by atoms with van der Waals surface area (Å²) in [4.78, 5) is 14.6. The van der Waals surface area contributed by atoms with Crippen LogP contribution in [-0.4, -0.2) is 23.2 Å². The summed E-state index contributed by atoms with van der Waals surface area (Å²) < 4.78 is 18.2. The van der Waals surface area contributed by atoms with Gasteiger partial charge < -0.3 is 9.84 Å². The van der Waals surface area contributed by atoms with E-state index in [0.29, 0.717) is 10.9 Å². The second kappa shape index (κ2) is 3.77. The van der Waals surface area contributed by atoms with Gasteiger partial charge in [-0.2, -0.15) is 0 Å². The van der Waals surface area contributed by atoms with Crippen LogP contribution in [0.5, 0.6) is 5.75 Å². The van der Waals surface area contributed by atoms with Crippen molar-refractivity contribution in [2.24, 2.45) is 0 Å². The van der Waals surface area contributed by atoms with Crippen LogP contribution in [0.2, 0.25) is 0 Å². The Labute approximate surface area is 90.3 Å². The Balaban J connectivity index is 2.66. The predicted octanol–water partition coefficient (Wildman–Crippen LogP) is 2.08. The van der Waals surface area contributed by atoms with Gasteiger partial charge in [-0.1, -0.05) is 0 Å². The summed E-state index contributed by atoms with van der Waals surface area (Å²) in [6.07, 6.45) is 1.22. The molecule has 0 aliphatic heterocycles. The summed E-state index contributed by atoms with van der Waals surface area (Å²) in [5, 5.41) is 9.18. The molecule has 0 saturated carbocycles. The number of hydrogen-bond acceptors (Lipinski definition) is 3. The number of carboxylic acid groups (broad SMARTS) is 1. The maximum atomic E-state index is 13.4. The van der Waals surface area contributed by atoms with Crippen molar-refractivity contribution in [3.05, 3.63) is 35.8 Å². The summed E-state index contributed by atoms with van der Waals surface area (Å²) in [6, 6.07) is 4.00. The zero-order valence-electron chi connectivity index (χ0n) is 8.40. The molecular weight excluding hydrogens is 213 g/mol. The van der Waals surface area contributed by atoms with Gasteiger partial charge in [0, 0.05) is 17.6 Å². The van der Waals surface area contributed by atoms with Gasteiger partial charge in [-0.25, -0.2) is 9.18 Å². The van der Waals surface area contributed by atoms with Crippen molar-refractivity contribution in [2.45, 2.75) is 0 Å². The summed E-state index contributed by atoms with van der Waals surface area (Å²) in [5.74, 6) is -1.55. The average Bonchev–Trinajstić information content (AvgIpc) is 2.27. The maximum absolute atomic E-state index is 13.4. The maximum Gasteiger partial charge on any atom is 0.337 e. The minimum absolute atomic E-state index is 0.0251. The van der Waals surface area contributed by atoms with E-state index in [1.165, 1.54) is 31.5 Å². The first-order chi connectivity index (χ1) is 7.61.